The first-order valence-corrected chi connectivity index (χ1v) is 6.25. The fraction of sp³-hybridized carbons (Fsp3) is 0. The Labute approximate surface area is 119 Å². The van der Waals surface area contributed by atoms with Gasteiger partial charge in [-0.05, 0) is 39.7 Å². The van der Waals surface area contributed by atoms with Crippen molar-refractivity contribution in [3.05, 3.63) is 39.7 Å². The van der Waals surface area contributed by atoms with E-state index in [0.29, 0.717) is 11.0 Å². The number of nitrogens with one attached hydrogen (secondary N) is 1. The quantitative estimate of drug-likeness (QED) is 0.540. The van der Waals surface area contributed by atoms with Gasteiger partial charge in [0.2, 0.25) is 5.28 Å². The molecule has 0 aliphatic carbocycles. The largest absolute Gasteiger partial charge is 0.261 e. The number of H-pyrrole nitrogens is 1. The molecule has 0 saturated carbocycles. The van der Waals surface area contributed by atoms with Gasteiger partial charge in [-0.1, -0.05) is 0 Å². The number of fused-ring (bicyclic) bond motifs is 1. The summed E-state index contributed by atoms with van der Waals surface area (Å²) in [4.78, 5) is 7.78. The Morgan fingerprint density at radius 2 is 2.00 bits per heavy atom. The average Bonchev–Trinajstić information content (AvgIpc) is 2.82. The van der Waals surface area contributed by atoms with Crippen LogP contribution in [0.15, 0.2) is 22.8 Å². The Morgan fingerprint density at radius 1 is 1.21 bits per heavy atom. The third-order valence-corrected chi connectivity index (χ3v) is 3.34. The first kappa shape index (κ1) is 12.4. The Morgan fingerprint density at radius 3 is 2.79 bits per heavy atom. The van der Waals surface area contributed by atoms with Gasteiger partial charge in [0.25, 0.3) is 0 Å². The smallest absolute Gasteiger partial charge is 0.224 e. The van der Waals surface area contributed by atoms with E-state index in [9.17, 15) is 8.78 Å². The third-order valence-electron chi connectivity index (χ3n) is 2.56. The zero-order chi connectivity index (χ0) is 13.6. The van der Waals surface area contributed by atoms with Crippen molar-refractivity contribution >= 4 is 38.6 Å². The van der Waals surface area contributed by atoms with Crippen molar-refractivity contribution in [1.29, 1.82) is 0 Å². The van der Waals surface area contributed by atoms with Gasteiger partial charge in [0.05, 0.1) is 27.3 Å². The molecule has 3 rings (SSSR count). The monoisotopic (exact) mass is 344 g/mol. The van der Waals surface area contributed by atoms with E-state index in [2.05, 4.69) is 36.1 Å². The molecule has 3 aromatic rings. The number of nitrogens with zero attached hydrogens (tertiary/aromatic N) is 3. The third kappa shape index (κ3) is 1.98. The first-order chi connectivity index (χ1) is 9.08. The second-order valence-corrected chi connectivity index (χ2v) is 4.88. The molecule has 4 nitrogen and oxygen atoms in total. The van der Waals surface area contributed by atoms with Crippen LogP contribution in [0.25, 0.3) is 22.3 Å². The first-order valence-electron chi connectivity index (χ1n) is 5.08. The van der Waals surface area contributed by atoms with Crippen molar-refractivity contribution < 1.29 is 8.78 Å². The molecule has 0 amide bonds. The summed E-state index contributed by atoms with van der Waals surface area (Å²) >= 11 is 8.76. The number of benzene rings is 1. The van der Waals surface area contributed by atoms with Crippen molar-refractivity contribution in [3.8, 4) is 11.3 Å². The second kappa shape index (κ2) is 4.50. The van der Waals surface area contributed by atoms with E-state index in [0.717, 1.165) is 6.07 Å². The zero-order valence-corrected chi connectivity index (χ0v) is 11.4. The predicted molar refractivity (Wildman–Crippen MR) is 69.7 cm³/mol. The standard InChI is InChI=1S/C11H4BrClF2N4/c12-5-1-2-6(14)7(8(5)15)9-4-3-16-19-10(4)18-11(13)17-9/h1-3H,(H,16,17,18,19). The number of aromatic amines is 1. The van der Waals surface area contributed by atoms with Crippen molar-refractivity contribution in [2.75, 3.05) is 0 Å². The summed E-state index contributed by atoms with van der Waals surface area (Å²) in [6, 6.07) is 2.42. The van der Waals surface area contributed by atoms with Crippen LogP contribution in [-0.4, -0.2) is 20.2 Å². The highest BCUT2D eigenvalue weighted by Crippen LogP contribution is 2.33. The van der Waals surface area contributed by atoms with Gasteiger partial charge in [-0.15, -0.1) is 0 Å². The maximum absolute atomic E-state index is 14.1. The van der Waals surface area contributed by atoms with E-state index >= 15 is 0 Å². The van der Waals surface area contributed by atoms with Crippen LogP contribution in [0.2, 0.25) is 5.28 Å². The molecule has 1 aromatic carbocycles. The Kier molecular flexibility index (Phi) is 2.94. The molecular formula is C11H4BrClF2N4. The lowest BCUT2D eigenvalue weighted by atomic mass is 10.1. The molecule has 2 heterocycles. The molecule has 0 bridgehead atoms. The predicted octanol–water partition coefficient (Wildman–Crippen LogP) is 3.71. The topological polar surface area (TPSA) is 54.5 Å². The molecule has 0 atom stereocenters. The molecule has 0 saturated heterocycles. The highest BCUT2D eigenvalue weighted by atomic mass is 79.9. The van der Waals surface area contributed by atoms with E-state index in [1.165, 1.54) is 12.3 Å². The van der Waals surface area contributed by atoms with Crippen LogP contribution >= 0.6 is 27.5 Å². The Bertz CT molecular complexity index is 790. The van der Waals surface area contributed by atoms with Gasteiger partial charge in [0, 0.05) is 0 Å². The molecule has 0 aliphatic rings. The van der Waals surface area contributed by atoms with Gasteiger partial charge in [-0.3, -0.25) is 5.10 Å². The number of halogens is 4. The molecule has 8 heteroatoms. The van der Waals surface area contributed by atoms with Crippen LogP contribution in [0.5, 0.6) is 0 Å². The van der Waals surface area contributed by atoms with Crippen LogP contribution in [-0.2, 0) is 0 Å². The minimum atomic E-state index is -0.753. The van der Waals surface area contributed by atoms with Gasteiger partial charge in [0.1, 0.15) is 11.6 Å². The summed E-state index contributed by atoms with van der Waals surface area (Å²) in [6.45, 7) is 0. The Balaban J connectivity index is 2.42. The fourth-order valence-corrected chi connectivity index (χ4v) is 2.24. The van der Waals surface area contributed by atoms with Gasteiger partial charge < -0.3 is 0 Å². The number of hydrogen-bond donors (Lipinski definition) is 1. The van der Waals surface area contributed by atoms with Crippen LogP contribution in [0, 0.1) is 11.6 Å². The van der Waals surface area contributed by atoms with Crippen molar-refractivity contribution in [2.45, 2.75) is 0 Å². The van der Waals surface area contributed by atoms with Crippen molar-refractivity contribution in [2.24, 2.45) is 0 Å². The SMILES string of the molecule is Fc1ccc(Br)c(F)c1-c1nc(Cl)nc2[nH]ncc12. The molecule has 0 fully saturated rings. The summed E-state index contributed by atoms with van der Waals surface area (Å²) < 4.78 is 28.1. The van der Waals surface area contributed by atoms with E-state index in [1.807, 2.05) is 0 Å². The van der Waals surface area contributed by atoms with E-state index < -0.39 is 11.6 Å². The van der Waals surface area contributed by atoms with Crippen LogP contribution in [0.4, 0.5) is 8.78 Å². The van der Waals surface area contributed by atoms with Crippen LogP contribution < -0.4 is 0 Å². The summed E-state index contributed by atoms with van der Waals surface area (Å²) in [5.74, 6) is -1.49. The highest BCUT2D eigenvalue weighted by Gasteiger charge is 2.20. The van der Waals surface area contributed by atoms with E-state index in [1.54, 1.807) is 0 Å². The molecule has 0 aliphatic heterocycles. The zero-order valence-electron chi connectivity index (χ0n) is 9.09. The molecule has 2 aromatic heterocycles. The lowest BCUT2D eigenvalue weighted by Gasteiger charge is -2.07. The van der Waals surface area contributed by atoms with Gasteiger partial charge in [0.15, 0.2) is 5.65 Å². The molecular weight excluding hydrogens is 342 g/mol. The number of hydrogen-bond acceptors (Lipinski definition) is 3. The van der Waals surface area contributed by atoms with Crippen molar-refractivity contribution in [1.82, 2.24) is 20.2 Å². The van der Waals surface area contributed by atoms with E-state index in [4.69, 9.17) is 11.6 Å². The van der Waals surface area contributed by atoms with Crippen LogP contribution in [0.1, 0.15) is 0 Å². The number of aromatic nitrogens is 4. The lowest BCUT2D eigenvalue weighted by molar-refractivity contribution is 0.584. The highest BCUT2D eigenvalue weighted by molar-refractivity contribution is 9.10. The maximum atomic E-state index is 14.1. The Hall–Kier alpha value is -1.60. The molecule has 0 unspecified atom stereocenters. The normalized spacial score (nSPS) is 11.2. The van der Waals surface area contributed by atoms with Gasteiger partial charge in [-0.2, -0.15) is 10.1 Å². The molecule has 96 valence electrons. The van der Waals surface area contributed by atoms with E-state index in [-0.39, 0.29) is 21.0 Å². The number of rotatable bonds is 1. The van der Waals surface area contributed by atoms with Crippen LogP contribution in [0.3, 0.4) is 0 Å². The molecule has 0 radical (unpaired) electrons. The van der Waals surface area contributed by atoms with Gasteiger partial charge >= 0.3 is 0 Å². The summed E-state index contributed by atoms with van der Waals surface area (Å²) in [7, 11) is 0. The van der Waals surface area contributed by atoms with Gasteiger partial charge in [-0.25, -0.2) is 13.8 Å². The molecule has 1 N–H and O–H groups in total. The average molecular weight is 346 g/mol. The fourth-order valence-electron chi connectivity index (χ4n) is 1.74. The summed E-state index contributed by atoms with van der Waals surface area (Å²) in [5, 5.41) is 6.62. The molecule has 19 heavy (non-hydrogen) atoms. The maximum Gasteiger partial charge on any atom is 0.224 e. The minimum absolute atomic E-state index is 0.0556. The molecule has 0 spiro atoms. The summed E-state index contributed by atoms with van der Waals surface area (Å²) in [6.07, 6.45) is 1.39. The summed E-state index contributed by atoms with van der Waals surface area (Å²) in [5.41, 5.74) is 0.0962. The second-order valence-electron chi connectivity index (χ2n) is 3.69. The van der Waals surface area contributed by atoms with Crippen molar-refractivity contribution in [3.63, 3.8) is 0 Å². The lowest BCUT2D eigenvalue weighted by Crippen LogP contribution is -1.96. The minimum Gasteiger partial charge on any atom is -0.261 e.